The summed E-state index contributed by atoms with van der Waals surface area (Å²) in [5, 5.41) is 14.2. The molecule has 0 saturated carbocycles. The van der Waals surface area contributed by atoms with E-state index in [-0.39, 0.29) is 18.5 Å². The number of anilines is 3. The molecule has 0 unspecified atom stereocenters. The Balaban J connectivity index is 0.00000336. The number of piperazine rings is 1. The number of hydrogen-bond donors (Lipinski definition) is 2. The lowest BCUT2D eigenvalue weighted by Gasteiger charge is -2.36. The minimum absolute atomic E-state index is 0. The lowest BCUT2D eigenvalue weighted by Crippen LogP contribution is -2.51. The van der Waals surface area contributed by atoms with Crippen LogP contribution in [0.25, 0.3) is 12.0 Å². The van der Waals surface area contributed by atoms with E-state index in [1.54, 1.807) is 10.7 Å². The van der Waals surface area contributed by atoms with Crippen LogP contribution in [0.1, 0.15) is 24.6 Å². The van der Waals surface area contributed by atoms with Crippen LogP contribution in [-0.2, 0) is 6.42 Å². The van der Waals surface area contributed by atoms with Crippen molar-refractivity contribution in [2.45, 2.75) is 25.9 Å². The summed E-state index contributed by atoms with van der Waals surface area (Å²) in [6.45, 7) is 6.94. The van der Waals surface area contributed by atoms with E-state index in [9.17, 15) is 13.9 Å². The largest absolute Gasteiger partial charge is 0.389 e. The van der Waals surface area contributed by atoms with Crippen LogP contribution in [0.4, 0.5) is 26.1 Å². The zero-order valence-electron chi connectivity index (χ0n) is 21.3. The Morgan fingerprint density at radius 3 is 2.39 bits per heavy atom. The zero-order valence-corrected chi connectivity index (χ0v) is 22.1. The Kier molecular flexibility index (Phi) is 8.80. The third-order valence-electron chi connectivity index (χ3n) is 6.73. The van der Waals surface area contributed by atoms with E-state index in [0.29, 0.717) is 49.5 Å². The average molecular weight is 547 g/mol. The molecule has 0 bridgehead atoms. The summed E-state index contributed by atoms with van der Waals surface area (Å²) in [6.07, 6.45) is 7.40. The highest BCUT2D eigenvalue weighted by atomic mass is 35.5. The topological polar surface area (TPSA) is 99.6 Å². The molecule has 1 aromatic carbocycles. The van der Waals surface area contributed by atoms with Gasteiger partial charge < -0.3 is 20.6 Å². The molecule has 2 aromatic heterocycles. The molecule has 9 nitrogen and oxygen atoms in total. The summed E-state index contributed by atoms with van der Waals surface area (Å²) < 4.78 is 28.9. The number of rotatable bonds is 8. The van der Waals surface area contributed by atoms with Gasteiger partial charge in [0, 0.05) is 69.2 Å². The number of nitrogen functional groups attached to an aromatic ring is 1. The van der Waals surface area contributed by atoms with Crippen molar-refractivity contribution in [1.82, 2.24) is 24.6 Å². The number of aromatic nitrogens is 4. The molecule has 12 heteroatoms. The van der Waals surface area contributed by atoms with Crippen LogP contribution in [0.3, 0.4) is 0 Å². The highest BCUT2D eigenvalue weighted by Crippen LogP contribution is 2.24. The predicted octanol–water partition coefficient (Wildman–Crippen LogP) is 2.91. The molecule has 2 fully saturated rings. The van der Waals surface area contributed by atoms with Crippen molar-refractivity contribution in [3.63, 3.8) is 0 Å². The molecule has 3 aromatic rings. The fourth-order valence-corrected chi connectivity index (χ4v) is 4.76. The van der Waals surface area contributed by atoms with Crippen molar-refractivity contribution in [2.75, 3.05) is 61.3 Å². The average Bonchev–Trinajstić information content (AvgIpc) is 3.24. The van der Waals surface area contributed by atoms with Gasteiger partial charge in [0.2, 0.25) is 0 Å². The summed E-state index contributed by atoms with van der Waals surface area (Å²) in [7, 11) is 0. The highest BCUT2D eigenvalue weighted by molar-refractivity contribution is 5.85. The first kappa shape index (κ1) is 27.7. The Morgan fingerprint density at radius 2 is 1.74 bits per heavy atom. The van der Waals surface area contributed by atoms with Gasteiger partial charge in [0.15, 0.2) is 0 Å². The van der Waals surface area contributed by atoms with E-state index in [4.69, 9.17) is 5.73 Å². The van der Waals surface area contributed by atoms with Gasteiger partial charge in [-0.3, -0.25) is 4.90 Å². The van der Waals surface area contributed by atoms with Gasteiger partial charge in [0.05, 0.1) is 18.0 Å². The summed E-state index contributed by atoms with van der Waals surface area (Å²) >= 11 is 0. The minimum atomic E-state index is -0.553. The number of nitrogens with two attached hydrogens (primary N) is 1. The molecule has 2 aliphatic rings. The second kappa shape index (κ2) is 12.1. The first-order valence-corrected chi connectivity index (χ1v) is 12.6. The van der Waals surface area contributed by atoms with Crippen molar-refractivity contribution >= 4 is 35.8 Å². The van der Waals surface area contributed by atoms with Gasteiger partial charge in [-0.05, 0) is 18.6 Å². The van der Waals surface area contributed by atoms with Crippen molar-refractivity contribution in [3.05, 3.63) is 59.4 Å². The molecule has 204 valence electrons. The van der Waals surface area contributed by atoms with Crippen molar-refractivity contribution in [3.8, 4) is 5.95 Å². The summed E-state index contributed by atoms with van der Waals surface area (Å²) in [5.74, 6) is 0.356. The third kappa shape index (κ3) is 6.23. The van der Waals surface area contributed by atoms with Gasteiger partial charge in [0.1, 0.15) is 23.3 Å². The molecule has 2 aliphatic heterocycles. The fourth-order valence-electron chi connectivity index (χ4n) is 4.76. The highest BCUT2D eigenvalue weighted by Gasteiger charge is 2.27. The van der Waals surface area contributed by atoms with Gasteiger partial charge in [-0.25, -0.2) is 13.5 Å². The van der Waals surface area contributed by atoms with E-state index < -0.39 is 11.6 Å². The minimum Gasteiger partial charge on any atom is -0.389 e. The standard InChI is InChI=1S/C26H32F2N8O.ClH/c1-2-4-23-18(15-30-36(23)26-31-24(29)14-25(32-26)35-16-22(37)17-35)5-3-6-33-7-9-34(10-8-33)21-12-19(27)11-20(28)13-21;/h3,5,11-15,22,37H,2,4,6-10,16-17H2,1H3,(H2,29,31,32);1H. The third-order valence-corrected chi connectivity index (χ3v) is 6.73. The molecule has 0 aliphatic carbocycles. The normalized spacial score (nSPS) is 16.6. The van der Waals surface area contributed by atoms with Crippen molar-refractivity contribution < 1.29 is 13.9 Å². The molecule has 3 N–H and O–H groups in total. The quantitative estimate of drug-likeness (QED) is 0.445. The maximum Gasteiger partial charge on any atom is 0.254 e. The van der Waals surface area contributed by atoms with Crippen LogP contribution in [-0.4, -0.2) is 81.7 Å². The molecule has 38 heavy (non-hydrogen) atoms. The number of halogens is 3. The zero-order chi connectivity index (χ0) is 25.9. The van der Waals surface area contributed by atoms with Gasteiger partial charge >= 0.3 is 0 Å². The van der Waals surface area contributed by atoms with Crippen LogP contribution in [0.5, 0.6) is 0 Å². The monoisotopic (exact) mass is 546 g/mol. The molecular formula is C26H33ClF2N8O. The van der Waals surface area contributed by atoms with E-state index >= 15 is 0 Å². The molecule has 0 atom stereocenters. The fraction of sp³-hybridized carbons (Fsp3) is 0.423. The molecule has 2 saturated heterocycles. The van der Waals surface area contributed by atoms with Gasteiger partial charge in [-0.1, -0.05) is 25.5 Å². The van der Waals surface area contributed by atoms with Crippen molar-refractivity contribution in [1.29, 1.82) is 0 Å². The smallest absolute Gasteiger partial charge is 0.254 e. The molecule has 5 rings (SSSR count). The first-order chi connectivity index (χ1) is 17.9. The summed E-state index contributed by atoms with van der Waals surface area (Å²) in [4.78, 5) is 15.3. The second-order valence-corrected chi connectivity index (χ2v) is 9.54. The summed E-state index contributed by atoms with van der Waals surface area (Å²) in [6, 6.07) is 5.37. The predicted molar refractivity (Wildman–Crippen MR) is 147 cm³/mol. The first-order valence-electron chi connectivity index (χ1n) is 12.6. The number of hydrogen-bond acceptors (Lipinski definition) is 8. The number of nitrogens with zero attached hydrogens (tertiary/aromatic N) is 7. The van der Waals surface area contributed by atoms with Gasteiger partial charge in [-0.15, -0.1) is 12.4 Å². The van der Waals surface area contributed by atoms with Crippen LogP contribution in [0.15, 0.2) is 36.5 Å². The lowest BCUT2D eigenvalue weighted by atomic mass is 10.1. The summed E-state index contributed by atoms with van der Waals surface area (Å²) in [5.41, 5.74) is 8.66. The van der Waals surface area contributed by atoms with Crippen molar-refractivity contribution in [2.24, 2.45) is 0 Å². The lowest BCUT2D eigenvalue weighted by molar-refractivity contribution is 0.141. The molecule has 0 spiro atoms. The maximum atomic E-state index is 13.6. The van der Waals surface area contributed by atoms with Gasteiger partial charge in [0.25, 0.3) is 5.95 Å². The maximum absolute atomic E-state index is 13.6. The van der Waals surface area contributed by atoms with Crippen LogP contribution in [0, 0.1) is 11.6 Å². The van der Waals surface area contributed by atoms with E-state index in [1.807, 2.05) is 16.0 Å². The molecule has 0 radical (unpaired) electrons. The van der Waals surface area contributed by atoms with E-state index in [0.717, 1.165) is 49.8 Å². The number of aliphatic hydroxyl groups is 1. The van der Waals surface area contributed by atoms with Gasteiger partial charge in [-0.2, -0.15) is 15.1 Å². The molecule has 0 amide bonds. The second-order valence-electron chi connectivity index (χ2n) is 9.54. The Morgan fingerprint density at radius 1 is 1.03 bits per heavy atom. The van der Waals surface area contributed by atoms with E-state index in [2.05, 4.69) is 39.0 Å². The number of benzene rings is 1. The van der Waals surface area contributed by atoms with Crippen LogP contribution in [0.2, 0.25) is 0 Å². The van der Waals surface area contributed by atoms with E-state index in [1.165, 1.54) is 12.1 Å². The molecular weight excluding hydrogens is 514 g/mol. The number of aliphatic hydroxyl groups excluding tert-OH is 1. The number of β-amino-alcohol motifs (C(OH)–C–C–N with tert-alkyl or cyclic N) is 1. The Bertz CT molecular complexity index is 1250. The Hall–Kier alpha value is -3.28. The van der Waals surface area contributed by atoms with Crippen LogP contribution < -0.4 is 15.5 Å². The Labute approximate surface area is 227 Å². The van der Waals surface area contributed by atoms with Crippen LogP contribution >= 0.6 is 12.4 Å². The SMILES string of the molecule is CCCc1c(C=CCN2CCN(c3cc(F)cc(F)c3)CC2)cnn1-c1nc(N)cc(N2CC(O)C2)n1.Cl. The molecule has 4 heterocycles.